The van der Waals surface area contributed by atoms with Gasteiger partial charge in [0, 0.05) is 46.8 Å². The Hall–Kier alpha value is -3.54. The van der Waals surface area contributed by atoms with Crippen molar-refractivity contribution >= 4 is 51.4 Å². The number of nitrogens with zero attached hydrogens (tertiary/aromatic N) is 5. The molecule has 0 aliphatic rings. The van der Waals surface area contributed by atoms with E-state index in [0.717, 1.165) is 21.0 Å². The van der Waals surface area contributed by atoms with Crippen molar-refractivity contribution in [1.82, 2.24) is 19.7 Å². The molecule has 0 saturated heterocycles. The number of benzene rings is 2. The number of nitro groups is 1. The third-order valence-corrected chi connectivity index (χ3v) is 7.38. The van der Waals surface area contributed by atoms with Gasteiger partial charge in [-0.1, -0.05) is 53.7 Å². The van der Waals surface area contributed by atoms with Gasteiger partial charge in [-0.25, -0.2) is 4.98 Å². The summed E-state index contributed by atoms with van der Waals surface area (Å²) in [6.07, 6.45) is 4.09. The molecule has 2 aromatic heterocycles. The number of nitro benzene ring substituents is 1. The number of carbonyl (C=O) groups is 1. The Balaban J connectivity index is 1.40. The average molecular weight is 541 g/mol. The molecule has 36 heavy (non-hydrogen) atoms. The lowest BCUT2D eigenvalue weighted by Crippen LogP contribution is -2.14. The van der Waals surface area contributed by atoms with Crippen LogP contribution in [0.15, 0.2) is 66.5 Å². The van der Waals surface area contributed by atoms with E-state index in [1.54, 1.807) is 29.0 Å². The number of aryl methyl sites for hydroxylation is 1. The highest BCUT2D eigenvalue weighted by Gasteiger charge is 2.17. The summed E-state index contributed by atoms with van der Waals surface area (Å²) in [5.74, 6) is 0.318. The molecule has 0 saturated carbocycles. The van der Waals surface area contributed by atoms with Crippen LogP contribution in [0.3, 0.4) is 0 Å². The number of non-ortho nitro benzene ring substituents is 1. The average Bonchev–Trinajstić information content (AvgIpc) is 3.47. The standard InChI is InChI=1S/C24H21ClN6O3S2/c1-3-9-30-22(17-5-4-6-18(12-17)31(33)34)28-29-24(30)35-14-21(32)27-23-26-13-19(36-23)10-16-8-7-15(2)20(25)11-16/h3-8,11-13H,1,9-10,14H2,2H3,(H,26,27,32). The number of thiazole rings is 1. The number of aromatic nitrogens is 4. The molecule has 184 valence electrons. The van der Waals surface area contributed by atoms with Crippen molar-refractivity contribution in [3.63, 3.8) is 0 Å². The van der Waals surface area contributed by atoms with Crippen LogP contribution in [0.4, 0.5) is 10.8 Å². The van der Waals surface area contributed by atoms with Crippen molar-refractivity contribution in [1.29, 1.82) is 0 Å². The summed E-state index contributed by atoms with van der Waals surface area (Å²) in [5, 5.41) is 24.1. The molecular weight excluding hydrogens is 520 g/mol. The van der Waals surface area contributed by atoms with Crippen molar-refractivity contribution in [2.45, 2.75) is 25.0 Å². The van der Waals surface area contributed by atoms with Crippen LogP contribution in [-0.2, 0) is 17.8 Å². The predicted molar refractivity (Wildman–Crippen MR) is 143 cm³/mol. The number of hydrogen-bond donors (Lipinski definition) is 1. The predicted octanol–water partition coefficient (Wildman–Crippen LogP) is 5.78. The molecule has 1 amide bonds. The zero-order chi connectivity index (χ0) is 25.7. The summed E-state index contributed by atoms with van der Waals surface area (Å²) in [6.45, 7) is 6.10. The highest BCUT2D eigenvalue weighted by molar-refractivity contribution is 7.99. The zero-order valence-electron chi connectivity index (χ0n) is 19.2. The van der Waals surface area contributed by atoms with Crippen molar-refractivity contribution in [3.05, 3.63) is 92.5 Å². The number of nitrogens with one attached hydrogen (secondary N) is 1. The summed E-state index contributed by atoms with van der Waals surface area (Å²) < 4.78 is 1.76. The van der Waals surface area contributed by atoms with Gasteiger partial charge in [0.15, 0.2) is 16.1 Å². The summed E-state index contributed by atoms with van der Waals surface area (Å²) in [5.41, 5.74) is 2.61. The van der Waals surface area contributed by atoms with E-state index in [1.165, 1.54) is 35.2 Å². The largest absolute Gasteiger partial charge is 0.301 e. The molecule has 1 N–H and O–H groups in total. The number of carbonyl (C=O) groups excluding carboxylic acids is 1. The van der Waals surface area contributed by atoms with E-state index in [0.29, 0.717) is 34.6 Å². The number of allylic oxidation sites excluding steroid dienone is 1. The third-order valence-electron chi connectivity index (χ3n) is 5.09. The lowest BCUT2D eigenvalue weighted by Gasteiger charge is -2.07. The summed E-state index contributed by atoms with van der Waals surface area (Å²) in [6, 6.07) is 12.1. The van der Waals surface area contributed by atoms with Crippen molar-refractivity contribution in [3.8, 4) is 11.4 Å². The van der Waals surface area contributed by atoms with E-state index < -0.39 is 4.92 Å². The van der Waals surface area contributed by atoms with Gasteiger partial charge < -0.3 is 5.32 Å². The number of anilines is 1. The quantitative estimate of drug-likeness (QED) is 0.117. The van der Waals surface area contributed by atoms with E-state index in [9.17, 15) is 14.9 Å². The maximum atomic E-state index is 12.6. The molecule has 0 radical (unpaired) electrons. The van der Waals surface area contributed by atoms with Gasteiger partial charge in [0.1, 0.15) is 0 Å². The smallest absolute Gasteiger partial charge is 0.270 e. The van der Waals surface area contributed by atoms with E-state index in [2.05, 4.69) is 27.1 Å². The normalized spacial score (nSPS) is 10.8. The van der Waals surface area contributed by atoms with Gasteiger partial charge in [0.05, 0.1) is 10.7 Å². The molecule has 0 spiro atoms. The third kappa shape index (κ3) is 6.17. The number of halogens is 1. The number of rotatable bonds is 10. The number of thioether (sulfide) groups is 1. The minimum Gasteiger partial charge on any atom is -0.301 e. The minimum atomic E-state index is -0.461. The highest BCUT2D eigenvalue weighted by Crippen LogP contribution is 2.28. The van der Waals surface area contributed by atoms with Crippen molar-refractivity contribution < 1.29 is 9.72 Å². The second kappa shape index (κ2) is 11.5. The molecule has 2 aromatic carbocycles. The Labute approximate surface area is 220 Å². The van der Waals surface area contributed by atoms with Crippen LogP contribution in [-0.4, -0.2) is 36.3 Å². The molecule has 0 unspecified atom stereocenters. The molecule has 2 heterocycles. The molecule has 0 fully saturated rings. The molecule has 0 atom stereocenters. The van der Waals surface area contributed by atoms with Gasteiger partial charge in [-0.3, -0.25) is 19.5 Å². The van der Waals surface area contributed by atoms with Crippen LogP contribution in [0.1, 0.15) is 16.0 Å². The minimum absolute atomic E-state index is 0.0393. The van der Waals surface area contributed by atoms with Crippen LogP contribution in [0.2, 0.25) is 5.02 Å². The van der Waals surface area contributed by atoms with Gasteiger partial charge in [-0.05, 0) is 24.1 Å². The van der Waals surface area contributed by atoms with E-state index in [-0.39, 0.29) is 17.3 Å². The maximum Gasteiger partial charge on any atom is 0.270 e. The molecule has 12 heteroatoms. The van der Waals surface area contributed by atoms with Crippen LogP contribution in [0.5, 0.6) is 0 Å². The number of hydrogen-bond acceptors (Lipinski definition) is 8. The van der Waals surface area contributed by atoms with Gasteiger partial charge in [0.25, 0.3) is 5.69 Å². The van der Waals surface area contributed by atoms with Gasteiger partial charge in [-0.2, -0.15) is 0 Å². The fourth-order valence-corrected chi connectivity index (χ4v) is 5.16. The Bertz CT molecular complexity index is 1430. The molecule has 4 rings (SSSR count). The van der Waals surface area contributed by atoms with Crippen molar-refractivity contribution in [2.24, 2.45) is 0 Å². The van der Waals surface area contributed by atoms with Crippen LogP contribution >= 0.6 is 34.7 Å². The Morgan fingerprint density at radius 3 is 2.89 bits per heavy atom. The molecule has 0 aliphatic carbocycles. The second-order valence-corrected chi connectivity index (χ2v) is 10.2. The zero-order valence-corrected chi connectivity index (χ0v) is 21.6. The summed E-state index contributed by atoms with van der Waals surface area (Å²) in [4.78, 5) is 28.5. The van der Waals surface area contributed by atoms with E-state index >= 15 is 0 Å². The fraction of sp³-hybridized carbons (Fsp3) is 0.167. The lowest BCUT2D eigenvalue weighted by atomic mass is 10.1. The molecule has 9 nitrogen and oxygen atoms in total. The lowest BCUT2D eigenvalue weighted by molar-refractivity contribution is -0.384. The summed E-state index contributed by atoms with van der Waals surface area (Å²) in [7, 11) is 0. The van der Waals surface area contributed by atoms with E-state index in [1.807, 2.05) is 25.1 Å². The van der Waals surface area contributed by atoms with Crippen molar-refractivity contribution in [2.75, 3.05) is 11.1 Å². The SMILES string of the molecule is C=CCn1c(SCC(=O)Nc2ncc(Cc3ccc(C)c(Cl)c3)s2)nnc1-c1cccc([N+](=O)[O-])c1. The van der Waals surface area contributed by atoms with Gasteiger partial charge in [-0.15, -0.1) is 28.1 Å². The second-order valence-electron chi connectivity index (χ2n) is 7.74. The van der Waals surface area contributed by atoms with Gasteiger partial charge >= 0.3 is 0 Å². The molecule has 0 bridgehead atoms. The number of amides is 1. The first-order chi connectivity index (χ1) is 17.3. The monoisotopic (exact) mass is 540 g/mol. The highest BCUT2D eigenvalue weighted by atomic mass is 35.5. The Morgan fingerprint density at radius 2 is 2.14 bits per heavy atom. The molecular formula is C24H21ClN6O3S2. The Morgan fingerprint density at radius 1 is 1.31 bits per heavy atom. The van der Waals surface area contributed by atoms with Crippen LogP contribution in [0.25, 0.3) is 11.4 Å². The first-order valence-electron chi connectivity index (χ1n) is 10.8. The van der Waals surface area contributed by atoms with Crippen LogP contribution < -0.4 is 5.32 Å². The topological polar surface area (TPSA) is 116 Å². The molecule has 4 aromatic rings. The first-order valence-corrected chi connectivity index (χ1v) is 12.9. The summed E-state index contributed by atoms with van der Waals surface area (Å²) >= 11 is 8.83. The first kappa shape index (κ1) is 25.5. The fourth-order valence-electron chi connectivity index (χ4n) is 3.34. The van der Waals surface area contributed by atoms with Gasteiger partial charge in [0.2, 0.25) is 5.91 Å². The maximum absolute atomic E-state index is 12.6. The van der Waals surface area contributed by atoms with E-state index in [4.69, 9.17) is 11.6 Å². The molecule has 0 aliphatic heterocycles. The Kier molecular flexibility index (Phi) is 8.14. The van der Waals surface area contributed by atoms with Crippen LogP contribution in [0, 0.1) is 17.0 Å².